The normalized spacial score (nSPS) is 23.1. The number of carbonyl (C=O) groups is 1. The summed E-state index contributed by atoms with van der Waals surface area (Å²) >= 11 is 0. The van der Waals surface area contributed by atoms with Gasteiger partial charge in [0, 0.05) is 19.1 Å². The molecule has 1 saturated heterocycles. The van der Waals surface area contributed by atoms with Crippen molar-refractivity contribution >= 4 is 11.7 Å². The van der Waals surface area contributed by atoms with Gasteiger partial charge in [0.15, 0.2) is 0 Å². The molecule has 7 nitrogen and oxygen atoms in total. The van der Waals surface area contributed by atoms with Gasteiger partial charge in [0.05, 0.1) is 18.5 Å². The van der Waals surface area contributed by atoms with Gasteiger partial charge >= 0.3 is 0 Å². The van der Waals surface area contributed by atoms with Crippen LogP contribution >= 0.6 is 0 Å². The number of nitrogen functional groups attached to an aromatic ring is 1. The Labute approximate surface area is 112 Å². The Morgan fingerprint density at radius 2 is 2.26 bits per heavy atom. The second kappa shape index (κ2) is 5.50. The molecule has 1 aliphatic rings. The summed E-state index contributed by atoms with van der Waals surface area (Å²) < 4.78 is 0. The number of β-amino-alcohol motifs (C(OH)–C–C–N with tert-alkyl or cyclic N) is 1. The van der Waals surface area contributed by atoms with Crippen LogP contribution < -0.4 is 5.73 Å². The van der Waals surface area contributed by atoms with Crippen molar-refractivity contribution in [1.82, 2.24) is 19.8 Å². The number of nitrogens with zero attached hydrogens (tertiary/aromatic N) is 4. The molecule has 7 heteroatoms. The van der Waals surface area contributed by atoms with Gasteiger partial charge in [0.2, 0.25) is 0 Å². The van der Waals surface area contributed by atoms with Gasteiger partial charge in [0.25, 0.3) is 5.91 Å². The zero-order chi connectivity index (χ0) is 14.0. The van der Waals surface area contributed by atoms with E-state index >= 15 is 0 Å². The number of anilines is 1. The van der Waals surface area contributed by atoms with Crippen molar-refractivity contribution in [2.24, 2.45) is 0 Å². The molecule has 0 radical (unpaired) electrons. The van der Waals surface area contributed by atoms with E-state index in [0.717, 1.165) is 0 Å². The van der Waals surface area contributed by atoms with Gasteiger partial charge in [0.1, 0.15) is 11.5 Å². The van der Waals surface area contributed by atoms with E-state index < -0.39 is 6.10 Å². The standard InChI is InChI=1S/C12H19N5O2/c1-16(2)6-8-3-9(18)7-17(8)12(19)10-4-15-11(13)5-14-10/h4-5,8-9,18H,3,6-7H2,1-2H3,(H2,13,15). The molecule has 104 valence electrons. The zero-order valence-electron chi connectivity index (χ0n) is 11.2. The highest BCUT2D eigenvalue weighted by Gasteiger charge is 2.35. The molecule has 1 aromatic heterocycles. The van der Waals surface area contributed by atoms with Crippen molar-refractivity contribution in [3.8, 4) is 0 Å². The van der Waals surface area contributed by atoms with Crippen LogP contribution in [0.5, 0.6) is 0 Å². The average molecular weight is 265 g/mol. The molecule has 19 heavy (non-hydrogen) atoms. The van der Waals surface area contributed by atoms with E-state index in [1.54, 1.807) is 4.90 Å². The average Bonchev–Trinajstić information content (AvgIpc) is 2.69. The van der Waals surface area contributed by atoms with Gasteiger partial charge in [-0.3, -0.25) is 4.79 Å². The predicted octanol–water partition coefficient (Wildman–Crippen LogP) is -0.804. The summed E-state index contributed by atoms with van der Waals surface area (Å²) in [6.07, 6.45) is 2.85. The van der Waals surface area contributed by atoms with Crippen LogP contribution in [0.3, 0.4) is 0 Å². The number of aromatic nitrogens is 2. The number of amides is 1. The lowest BCUT2D eigenvalue weighted by Crippen LogP contribution is -2.41. The van der Waals surface area contributed by atoms with Crippen LogP contribution in [-0.4, -0.2) is 70.1 Å². The molecule has 0 saturated carbocycles. The number of hydrogen-bond acceptors (Lipinski definition) is 6. The first kappa shape index (κ1) is 13.7. The highest BCUT2D eigenvalue weighted by molar-refractivity contribution is 5.92. The number of rotatable bonds is 3. The summed E-state index contributed by atoms with van der Waals surface area (Å²) in [6, 6.07) is -0.00291. The summed E-state index contributed by atoms with van der Waals surface area (Å²) in [5.74, 6) is 0.0683. The van der Waals surface area contributed by atoms with Crippen LogP contribution in [0.2, 0.25) is 0 Å². The molecular weight excluding hydrogens is 246 g/mol. The Bertz CT molecular complexity index is 448. The molecule has 2 atom stereocenters. The lowest BCUT2D eigenvalue weighted by Gasteiger charge is -2.26. The van der Waals surface area contributed by atoms with Gasteiger partial charge in [-0.05, 0) is 20.5 Å². The van der Waals surface area contributed by atoms with Gasteiger partial charge in [-0.25, -0.2) is 9.97 Å². The first-order valence-corrected chi connectivity index (χ1v) is 6.18. The van der Waals surface area contributed by atoms with E-state index in [4.69, 9.17) is 5.73 Å². The van der Waals surface area contributed by atoms with Crippen LogP contribution in [-0.2, 0) is 0 Å². The summed E-state index contributed by atoms with van der Waals surface area (Å²) in [6.45, 7) is 1.05. The smallest absolute Gasteiger partial charge is 0.274 e. The molecule has 1 aromatic rings. The van der Waals surface area contributed by atoms with Crippen LogP contribution in [0.1, 0.15) is 16.9 Å². The molecule has 1 aliphatic heterocycles. The summed E-state index contributed by atoms with van der Waals surface area (Å²) in [5, 5.41) is 9.75. The molecule has 0 spiro atoms. The fourth-order valence-electron chi connectivity index (χ4n) is 2.33. The molecule has 1 amide bonds. The molecule has 2 heterocycles. The van der Waals surface area contributed by atoms with E-state index in [1.807, 2.05) is 19.0 Å². The Hall–Kier alpha value is -1.73. The zero-order valence-corrected chi connectivity index (χ0v) is 11.2. The van der Waals surface area contributed by atoms with E-state index in [2.05, 4.69) is 9.97 Å². The third kappa shape index (κ3) is 3.18. The summed E-state index contributed by atoms with van der Waals surface area (Å²) in [5.41, 5.74) is 5.71. The fraction of sp³-hybridized carbons (Fsp3) is 0.583. The molecule has 2 rings (SSSR count). The lowest BCUT2D eigenvalue weighted by molar-refractivity contribution is 0.0693. The Kier molecular flexibility index (Phi) is 3.96. The van der Waals surface area contributed by atoms with Crippen LogP contribution in [0.25, 0.3) is 0 Å². The molecular formula is C12H19N5O2. The largest absolute Gasteiger partial charge is 0.391 e. The van der Waals surface area contributed by atoms with Crippen LogP contribution in [0.4, 0.5) is 5.82 Å². The van der Waals surface area contributed by atoms with Crippen molar-refractivity contribution in [2.45, 2.75) is 18.6 Å². The first-order valence-electron chi connectivity index (χ1n) is 6.18. The maximum Gasteiger partial charge on any atom is 0.274 e. The molecule has 0 aliphatic carbocycles. The fourth-order valence-corrected chi connectivity index (χ4v) is 2.33. The predicted molar refractivity (Wildman–Crippen MR) is 70.4 cm³/mol. The van der Waals surface area contributed by atoms with Gasteiger partial charge in [-0.2, -0.15) is 0 Å². The van der Waals surface area contributed by atoms with E-state index in [-0.39, 0.29) is 23.5 Å². The third-order valence-corrected chi connectivity index (χ3v) is 3.12. The number of carbonyl (C=O) groups excluding carboxylic acids is 1. The Balaban J connectivity index is 2.14. The quantitative estimate of drug-likeness (QED) is 0.742. The Morgan fingerprint density at radius 3 is 2.84 bits per heavy atom. The van der Waals surface area contributed by atoms with Gasteiger partial charge in [-0.1, -0.05) is 0 Å². The summed E-state index contributed by atoms with van der Waals surface area (Å²) in [7, 11) is 3.88. The molecule has 2 unspecified atom stereocenters. The minimum Gasteiger partial charge on any atom is -0.391 e. The minimum atomic E-state index is -0.476. The highest BCUT2D eigenvalue weighted by atomic mass is 16.3. The number of hydrogen-bond donors (Lipinski definition) is 2. The van der Waals surface area contributed by atoms with Gasteiger partial charge in [-0.15, -0.1) is 0 Å². The number of likely N-dealkylation sites (N-methyl/N-ethyl adjacent to an activating group) is 1. The lowest BCUT2D eigenvalue weighted by atomic mass is 10.2. The maximum atomic E-state index is 12.3. The third-order valence-electron chi connectivity index (χ3n) is 3.12. The summed E-state index contributed by atoms with van der Waals surface area (Å²) in [4.78, 5) is 23.9. The second-order valence-electron chi connectivity index (χ2n) is 5.09. The second-order valence-corrected chi connectivity index (χ2v) is 5.09. The highest BCUT2D eigenvalue weighted by Crippen LogP contribution is 2.20. The Morgan fingerprint density at radius 1 is 1.53 bits per heavy atom. The minimum absolute atomic E-state index is 0.00291. The van der Waals surface area contributed by atoms with E-state index in [0.29, 0.717) is 19.5 Å². The monoisotopic (exact) mass is 265 g/mol. The van der Waals surface area contributed by atoms with Crippen molar-refractivity contribution in [1.29, 1.82) is 0 Å². The van der Waals surface area contributed by atoms with Gasteiger partial charge < -0.3 is 20.6 Å². The number of aliphatic hydroxyl groups is 1. The topological polar surface area (TPSA) is 95.6 Å². The maximum absolute atomic E-state index is 12.3. The van der Waals surface area contributed by atoms with Crippen molar-refractivity contribution in [3.05, 3.63) is 18.1 Å². The SMILES string of the molecule is CN(C)CC1CC(O)CN1C(=O)c1cnc(N)cn1. The van der Waals surface area contributed by atoms with Crippen molar-refractivity contribution in [3.63, 3.8) is 0 Å². The molecule has 0 aromatic carbocycles. The van der Waals surface area contributed by atoms with E-state index in [9.17, 15) is 9.90 Å². The van der Waals surface area contributed by atoms with Crippen LogP contribution in [0, 0.1) is 0 Å². The molecule has 0 bridgehead atoms. The van der Waals surface area contributed by atoms with E-state index in [1.165, 1.54) is 12.4 Å². The molecule has 3 N–H and O–H groups in total. The van der Waals surface area contributed by atoms with Crippen molar-refractivity contribution < 1.29 is 9.90 Å². The molecule has 1 fully saturated rings. The number of likely N-dealkylation sites (tertiary alicyclic amines) is 1. The van der Waals surface area contributed by atoms with Crippen LogP contribution in [0.15, 0.2) is 12.4 Å². The number of aliphatic hydroxyl groups excluding tert-OH is 1. The number of nitrogens with two attached hydrogens (primary N) is 1. The van der Waals surface area contributed by atoms with Crippen molar-refractivity contribution in [2.75, 3.05) is 32.9 Å². The first-order chi connectivity index (χ1) is 8.97.